The number of nitrogens with zero attached hydrogens (tertiary/aromatic N) is 2. The molecule has 0 radical (unpaired) electrons. The highest BCUT2D eigenvalue weighted by molar-refractivity contribution is 5.93. The van der Waals surface area contributed by atoms with Crippen LogP contribution in [0.4, 0.5) is 10.5 Å². The third-order valence-corrected chi connectivity index (χ3v) is 5.15. The molecular weight excluding hydrogens is 390 g/mol. The van der Waals surface area contributed by atoms with Crippen molar-refractivity contribution in [3.8, 4) is 28.6 Å². The molecule has 4 rings (SSSR count). The first-order valence-corrected chi connectivity index (χ1v) is 9.40. The highest BCUT2D eigenvalue weighted by Crippen LogP contribution is 2.35. The van der Waals surface area contributed by atoms with Crippen LogP contribution in [0.1, 0.15) is 0 Å². The lowest BCUT2D eigenvalue weighted by Crippen LogP contribution is -2.48. The largest absolute Gasteiger partial charge is 0.504 e. The number of phenols is 2. The molecule has 2 amide bonds. The number of hydrogen-bond donors (Lipinski definition) is 4. The Kier molecular flexibility index (Phi) is 4.96. The maximum absolute atomic E-state index is 12.6. The maximum atomic E-state index is 12.6. The third-order valence-electron chi connectivity index (χ3n) is 5.15. The smallest absolute Gasteiger partial charge is 0.321 e. The van der Waals surface area contributed by atoms with Gasteiger partial charge in [-0.15, -0.1) is 0 Å². The van der Waals surface area contributed by atoms with Crippen LogP contribution >= 0.6 is 0 Å². The Balaban J connectivity index is 1.68. The standard InChI is InChI=1S/C21H21N3O6/c1-23-6-8-24(9-7-23)21(29)22-13-3-4-14-17(11-13)30-20(19(28)18(14)27)12-2-5-15(25)16(26)10-12/h2-5,10-11,25-26,28H,6-9H2,1H3,(H,22,29). The van der Waals surface area contributed by atoms with E-state index in [1.165, 1.54) is 30.3 Å². The van der Waals surface area contributed by atoms with E-state index in [1.807, 2.05) is 7.05 Å². The molecule has 30 heavy (non-hydrogen) atoms. The number of phenolic OH excluding ortho intramolecular Hbond substituents is 2. The number of carbonyl (C=O) groups excluding carboxylic acids is 1. The van der Waals surface area contributed by atoms with E-state index in [2.05, 4.69) is 10.2 Å². The number of urea groups is 1. The van der Waals surface area contributed by atoms with Crippen LogP contribution in [-0.4, -0.2) is 64.4 Å². The van der Waals surface area contributed by atoms with Crippen molar-refractivity contribution in [3.63, 3.8) is 0 Å². The summed E-state index contributed by atoms with van der Waals surface area (Å²) in [5, 5.41) is 32.4. The summed E-state index contributed by atoms with van der Waals surface area (Å²) >= 11 is 0. The second-order valence-corrected chi connectivity index (χ2v) is 7.24. The molecule has 9 nitrogen and oxygen atoms in total. The zero-order valence-electron chi connectivity index (χ0n) is 16.3. The van der Waals surface area contributed by atoms with Gasteiger partial charge in [0.05, 0.1) is 5.39 Å². The summed E-state index contributed by atoms with van der Waals surface area (Å²) in [4.78, 5) is 28.9. The van der Waals surface area contributed by atoms with Gasteiger partial charge < -0.3 is 34.9 Å². The molecule has 156 valence electrons. The van der Waals surface area contributed by atoms with Gasteiger partial charge in [0.1, 0.15) is 5.58 Å². The van der Waals surface area contributed by atoms with Crippen LogP contribution < -0.4 is 10.7 Å². The molecular formula is C21H21N3O6. The Morgan fingerprint density at radius 2 is 1.73 bits per heavy atom. The van der Waals surface area contributed by atoms with Gasteiger partial charge >= 0.3 is 6.03 Å². The van der Waals surface area contributed by atoms with E-state index in [9.17, 15) is 24.9 Å². The molecule has 2 heterocycles. The summed E-state index contributed by atoms with van der Waals surface area (Å²) in [7, 11) is 2.00. The van der Waals surface area contributed by atoms with E-state index < -0.39 is 16.9 Å². The van der Waals surface area contributed by atoms with Gasteiger partial charge in [-0.05, 0) is 37.4 Å². The molecule has 3 aromatic rings. The zero-order chi connectivity index (χ0) is 21.4. The second kappa shape index (κ2) is 7.60. The minimum atomic E-state index is -0.643. The fourth-order valence-corrected chi connectivity index (χ4v) is 3.33. The molecule has 1 fully saturated rings. The normalized spacial score (nSPS) is 14.8. The summed E-state index contributed by atoms with van der Waals surface area (Å²) in [5.74, 6) is -1.51. The van der Waals surface area contributed by atoms with Crippen molar-refractivity contribution in [2.45, 2.75) is 0 Å². The van der Waals surface area contributed by atoms with Crippen molar-refractivity contribution < 1.29 is 24.5 Å². The molecule has 0 bridgehead atoms. The maximum Gasteiger partial charge on any atom is 0.321 e. The lowest BCUT2D eigenvalue weighted by atomic mass is 10.1. The summed E-state index contributed by atoms with van der Waals surface area (Å²) in [5.41, 5.74) is 0.181. The van der Waals surface area contributed by atoms with Crippen molar-refractivity contribution in [2.24, 2.45) is 0 Å². The van der Waals surface area contributed by atoms with E-state index >= 15 is 0 Å². The molecule has 4 N–H and O–H groups in total. The van der Waals surface area contributed by atoms with Crippen molar-refractivity contribution in [3.05, 3.63) is 46.6 Å². The first-order valence-electron chi connectivity index (χ1n) is 9.40. The topological polar surface area (TPSA) is 126 Å². The number of amides is 2. The molecule has 1 aliphatic rings. The van der Waals surface area contributed by atoms with Crippen molar-refractivity contribution in [1.82, 2.24) is 9.80 Å². The van der Waals surface area contributed by atoms with Gasteiger partial charge in [-0.1, -0.05) is 0 Å². The van der Waals surface area contributed by atoms with Gasteiger partial charge in [-0.25, -0.2) is 4.79 Å². The predicted molar refractivity (Wildman–Crippen MR) is 111 cm³/mol. The number of fused-ring (bicyclic) bond motifs is 1. The van der Waals surface area contributed by atoms with E-state index in [-0.39, 0.29) is 34.1 Å². The van der Waals surface area contributed by atoms with Crippen molar-refractivity contribution in [2.75, 3.05) is 38.5 Å². The minimum absolute atomic E-state index is 0.148. The first-order chi connectivity index (χ1) is 14.3. The van der Waals surface area contributed by atoms with Gasteiger partial charge in [0.25, 0.3) is 0 Å². The number of carbonyl (C=O) groups is 1. The molecule has 0 spiro atoms. The number of piperazine rings is 1. The van der Waals surface area contributed by atoms with Crippen LogP contribution in [0.25, 0.3) is 22.3 Å². The lowest BCUT2D eigenvalue weighted by molar-refractivity contribution is 0.164. The van der Waals surface area contributed by atoms with Crippen LogP contribution in [0.15, 0.2) is 45.6 Å². The summed E-state index contributed by atoms with van der Waals surface area (Å²) in [6, 6.07) is 8.11. The quantitative estimate of drug-likeness (QED) is 0.477. The van der Waals surface area contributed by atoms with Crippen molar-refractivity contribution >= 4 is 22.7 Å². The first kappa shape index (κ1) is 19.6. The molecule has 0 atom stereocenters. The predicted octanol–water partition coefficient (Wildman–Crippen LogP) is 2.36. The summed E-state index contributed by atoms with van der Waals surface area (Å²) < 4.78 is 5.72. The number of rotatable bonds is 2. The van der Waals surface area contributed by atoms with Crippen LogP contribution in [0.3, 0.4) is 0 Å². The number of nitrogens with one attached hydrogen (secondary N) is 1. The number of anilines is 1. The van der Waals surface area contributed by atoms with E-state index in [4.69, 9.17) is 4.42 Å². The highest BCUT2D eigenvalue weighted by atomic mass is 16.4. The number of benzene rings is 2. The molecule has 0 unspecified atom stereocenters. The van der Waals surface area contributed by atoms with Gasteiger partial charge in [0.15, 0.2) is 17.3 Å². The molecule has 1 aliphatic heterocycles. The average molecular weight is 411 g/mol. The van der Waals surface area contributed by atoms with Gasteiger partial charge in [0, 0.05) is 43.5 Å². The Morgan fingerprint density at radius 3 is 2.43 bits per heavy atom. The molecule has 2 aromatic carbocycles. The van der Waals surface area contributed by atoms with Gasteiger partial charge in [0.2, 0.25) is 11.2 Å². The monoisotopic (exact) mass is 411 g/mol. The molecule has 9 heteroatoms. The number of hydrogen-bond acceptors (Lipinski definition) is 7. The Bertz CT molecular complexity index is 1180. The molecule has 0 saturated carbocycles. The Labute approximate surface area is 171 Å². The molecule has 1 saturated heterocycles. The number of likely N-dealkylation sites (N-methyl/N-ethyl adjacent to an activating group) is 1. The van der Waals surface area contributed by atoms with Crippen LogP contribution in [0, 0.1) is 0 Å². The average Bonchev–Trinajstić information content (AvgIpc) is 2.73. The Morgan fingerprint density at radius 1 is 1.00 bits per heavy atom. The van der Waals surface area contributed by atoms with Crippen LogP contribution in [0.5, 0.6) is 17.2 Å². The van der Waals surface area contributed by atoms with E-state index in [0.29, 0.717) is 18.8 Å². The van der Waals surface area contributed by atoms with Crippen molar-refractivity contribution in [1.29, 1.82) is 0 Å². The van der Waals surface area contributed by atoms with Gasteiger partial charge in [-0.2, -0.15) is 0 Å². The SMILES string of the molecule is CN1CCN(C(=O)Nc2ccc3c(=O)c(O)c(-c4ccc(O)c(O)c4)oc3c2)CC1. The van der Waals surface area contributed by atoms with Crippen LogP contribution in [-0.2, 0) is 0 Å². The zero-order valence-corrected chi connectivity index (χ0v) is 16.3. The second-order valence-electron chi connectivity index (χ2n) is 7.24. The minimum Gasteiger partial charge on any atom is -0.504 e. The molecule has 1 aromatic heterocycles. The van der Waals surface area contributed by atoms with E-state index in [1.54, 1.807) is 11.0 Å². The van der Waals surface area contributed by atoms with E-state index in [0.717, 1.165) is 13.1 Å². The third kappa shape index (κ3) is 3.62. The number of aromatic hydroxyl groups is 3. The van der Waals surface area contributed by atoms with Crippen LogP contribution in [0.2, 0.25) is 0 Å². The van der Waals surface area contributed by atoms with Gasteiger partial charge in [-0.3, -0.25) is 4.79 Å². The molecule has 0 aliphatic carbocycles. The lowest BCUT2D eigenvalue weighted by Gasteiger charge is -2.32. The highest BCUT2D eigenvalue weighted by Gasteiger charge is 2.20. The summed E-state index contributed by atoms with van der Waals surface area (Å²) in [6.45, 7) is 2.82. The fourth-order valence-electron chi connectivity index (χ4n) is 3.33. The Hall–Kier alpha value is -3.72. The fraction of sp³-hybridized carbons (Fsp3) is 0.238. The summed E-state index contributed by atoms with van der Waals surface area (Å²) in [6.07, 6.45) is 0.